The van der Waals surface area contributed by atoms with E-state index in [0.717, 1.165) is 25.7 Å². The largest absolute Gasteiger partial charge is 0.465 e. The topological polar surface area (TPSA) is 38.3 Å². The number of piperidine rings is 1. The van der Waals surface area contributed by atoms with Crippen LogP contribution >= 0.6 is 22.6 Å². The number of aryl methyl sites for hydroxylation is 1. The number of hydrogen-bond donors (Lipinski definition) is 1. The molecule has 0 amide bonds. The van der Waals surface area contributed by atoms with Gasteiger partial charge in [0.1, 0.15) is 0 Å². The smallest absolute Gasteiger partial charge is 0.311 e. The van der Waals surface area contributed by atoms with Crippen LogP contribution in [-0.2, 0) is 22.4 Å². The van der Waals surface area contributed by atoms with Crippen LogP contribution in [-0.4, -0.2) is 24.7 Å². The summed E-state index contributed by atoms with van der Waals surface area (Å²) in [6.07, 6.45) is 5.08. The van der Waals surface area contributed by atoms with Gasteiger partial charge in [0.25, 0.3) is 0 Å². The molecule has 3 nitrogen and oxygen atoms in total. The molecule has 148 valence electrons. The third kappa shape index (κ3) is 4.28. The maximum atomic E-state index is 13.1. The molecule has 2 saturated heterocycles. The zero-order valence-corrected chi connectivity index (χ0v) is 18.5. The quantitative estimate of drug-likeness (QED) is 0.465. The number of fused-ring (bicyclic) bond motifs is 2. The summed E-state index contributed by atoms with van der Waals surface area (Å²) in [7, 11) is 0. The van der Waals surface area contributed by atoms with Crippen molar-refractivity contribution in [2.45, 2.75) is 57.0 Å². The summed E-state index contributed by atoms with van der Waals surface area (Å²) in [6.45, 7) is 2.64. The summed E-state index contributed by atoms with van der Waals surface area (Å²) >= 11 is 2.43. The lowest BCUT2D eigenvalue weighted by Crippen LogP contribution is -2.48. The molecule has 4 unspecified atom stereocenters. The minimum atomic E-state index is -0.0854. The Morgan fingerprint density at radius 1 is 1.18 bits per heavy atom. The van der Waals surface area contributed by atoms with E-state index in [4.69, 9.17) is 4.74 Å². The molecule has 0 spiro atoms. The van der Waals surface area contributed by atoms with Crippen LogP contribution in [0, 0.1) is 9.49 Å². The normalized spacial score (nSPS) is 26.2. The fourth-order valence-electron chi connectivity index (χ4n) is 4.82. The monoisotopic (exact) mass is 489 g/mol. The molecule has 2 aliphatic rings. The van der Waals surface area contributed by atoms with Gasteiger partial charge in [-0.25, -0.2) is 0 Å². The lowest BCUT2D eigenvalue weighted by molar-refractivity contribution is -0.151. The van der Waals surface area contributed by atoms with Crippen molar-refractivity contribution >= 4 is 28.6 Å². The van der Waals surface area contributed by atoms with Gasteiger partial charge in [-0.15, -0.1) is 0 Å². The van der Waals surface area contributed by atoms with E-state index in [1.165, 1.54) is 26.7 Å². The molecule has 2 aromatic carbocycles. The van der Waals surface area contributed by atoms with Gasteiger partial charge < -0.3 is 10.1 Å². The van der Waals surface area contributed by atoms with E-state index in [-0.39, 0.29) is 23.8 Å². The summed E-state index contributed by atoms with van der Waals surface area (Å²) < 4.78 is 7.09. The number of carbonyl (C=O) groups excluding carboxylic acids is 1. The third-order valence-corrected chi connectivity index (χ3v) is 7.32. The predicted octanol–water partition coefficient (Wildman–Crippen LogP) is 4.86. The minimum Gasteiger partial charge on any atom is -0.465 e. The number of ether oxygens (including phenoxy) is 1. The van der Waals surface area contributed by atoms with Gasteiger partial charge in [0.2, 0.25) is 0 Å². The Balaban J connectivity index is 1.49. The Kier molecular flexibility index (Phi) is 6.36. The number of benzene rings is 2. The van der Waals surface area contributed by atoms with Crippen molar-refractivity contribution in [1.82, 2.24) is 5.32 Å². The number of esters is 1. The molecule has 1 N–H and O–H groups in total. The van der Waals surface area contributed by atoms with Crippen molar-refractivity contribution in [3.63, 3.8) is 0 Å². The molecule has 0 saturated carbocycles. The molecule has 4 atom stereocenters. The average molecular weight is 489 g/mol. The first kappa shape index (κ1) is 19.9. The molecule has 2 aliphatic heterocycles. The van der Waals surface area contributed by atoms with Gasteiger partial charge in [-0.3, -0.25) is 4.79 Å². The molecule has 0 aromatic heterocycles. The van der Waals surface area contributed by atoms with Gasteiger partial charge in [-0.2, -0.15) is 0 Å². The van der Waals surface area contributed by atoms with Gasteiger partial charge in [0.15, 0.2) is 0 Å². The fourth-order valence-corrected chi connectivity index (χ4v) is 5.74. The average Bonchev–Trinajstić information content (AvgIpc) is 3.09. The fraction of sp³-hybridized carbons (Fsp3) is 0.458. The summed E-state index contributed by atoms with van der Waals surface area (Å²) in [5.74, 6) is 0.133. The van der Waals surface area contributed by atoms with Crippen molar-refractivity contribution in [3.8, 4) is 0 Å². The highest BCUT2D eigenvalue weighted by atomic mass is 127. The lowest BCUT2D eigenvalue weighted by Gasteiger charge is -2.36. The van der Waals surface area contributed by atoms with Gasteiger partial charge in [0, 0.05) is 28.0 Å². The second-order valence-electron chi connectivity index (χ2n) is 8.02. The molecule has 4 heteroatoms. The highest BCUT2D eigenvalue weighted by Crippen LogP contribution is 2.42. The zero-order valence-electron chi connectivity index (χ0n) is 16.4. The number of rotatable bonds is 6. The first-order valence-corrected chi connectivity index (χ1v) is 11.5. The van der Waals surface area contributed by atoms with Crippen LogP contribution in [0.2, 0.25) is 0 Å². The van der Waals surface area contributed by atoms with Crippen LogP contribution in [0.15, 0.2) is 48.5 Å². The molecule has 2 fully saturated rings. The number of halogens is 1. The summed E-state index contributed by atoms with van der Waals surface area (Å²) in [4.78, 5) is 13.1. The molecule has 4 rings (SSSR count). The summed E-state index contributed by atoms with van der Waals surface area (Å²) in [5, 5.41) is 3.66. The van der Waals surface area contributed by atoms with Crippen molar-refractivity contribution in [3.05, 3.63) is 68.8 Å². The molecule has 2 heterocycles. The Bertz CT molecular complexity index is 823. The molecule has 0 radical (unpaired) electrons. The van der Waals surface area contributed by atoms with Gasteiger partial charge in [-0.1, -0.05) is 49.4 Å². The SMILES string of the molecule is CCc1ccc(C2CC3CCC(N3)C2C(=O)OCCc2ccccc2)cc1I. The van der Waals surface area contributed by atoms with Crippen molar-refractivity contribution < 1.29 is 9.53 Å². The molecule has 28 heavy (non-hydrogen) atoms. The van der Waals surface area contributed by atoms with E-state index in [0.29, 0.717) is 12.6 Å². The van der Waals surface area contributed by atoms with Crippen molar-refractivity contribution in [1.29, 1.82) is 0 Å². The van der Waals surface area contributed by atoms with Crippen LogP contribution in [0.25, 0.3) is 0 Å². The number of nitrogens with one attached hydrogen (secondary N) is 1. The van der Waals surface area contributed by atoms with Gasteiger partial charge in [-0.05, 0) is 71.0 Å². The molecule has 0 aliphatic carbocycles. The third-order valence-electron chi connectivity index (χ3n) is 6.32. The Morgan fingerprint density at radius 3 is 2.75 bits per heavy atom. The zero-order chi connectivity index (χ0) is 19.5. The molecular formula is C24H28INO2. The number of carbonyl (C=O) groups is 1. The molecular weight excluding hydrogens is 461 g/mol. The second kappa shape index (κ2) is 8.95. The van der Waals surface area contributed by atoms with E-state index in [1.807, 2.05) is 18.2 Å². The molecule has 2 aromatic rings. The second-order valence-corrected chi connectivity index (χ2v) is 9.19. The van der Waals surface area contributed by atoms with Crippen LogP contribution in [0.1, 0.15) is 48.8 Å². The van der Waals surface area contributed by atoms with Crippen LogP contribution < -0.4 is 5.32 Å². The molecule has 2 bridgehead atoms. The van der Waals surface area contributed by atoms with Gasteiger partial charge >= 0.3 is 5.97 Å². The van der Waals surface area contributed by atoms with Gasteiger partial charge in [0.05, 0.1) is 12.5 Å². The Morgan fingerprint density at radius 2 is 2.00 bits per heavy atom. The van der Waals surface area contributed by atoms with E-state index in [1.54, 1.807) is 0 Å². The number of hydrogen-bond acceptors (Lipinski definition) is 3. The highest BCUT2D eigenvalue weighted by molar-refractivity contribution is 14.1. The van der Waals surface area contributed by atoms with E-state index >= 15 is 0 Å². The van der Waals surface area contributed by atoms with Crippen molar-refractivity contribution in [2.75, 3.05) is 6.61 Å². The first-order valence-electron chi connectivity index (χ1n) is 10.4. The minimum absolute atomic E-state index is 0.0339. The van der Waals surface area contributed by atoms with E-state index < -0.39 is 0 Å². The Labute approximate surface area is 181 Å². The maximum Gasteiger partial charge on any atom is 0.311 e. The van der Waals surface area contributed by atoms with Crippen LogP contribution in [0.3, 0.4) is 0 Å². The summed E-state index contributed by atoms with van der Waals surface area (Å²) in [6, 6.07) is 17.8. The first-order chi connectivity index (χ1) is 13.7. The Hall–Kier alpha value is -1.40. The van der Waals surface area contributed by atoms with E-state index in [9.17, 15) is 4.79 Å². The predicted molar refractivity (Wildman–Crippen MR) is 120 cm³/mol. The van der Waals surface area contributed by atoms with Crippen molar-refractivity contribution in [2.24, 2.45) is 5.92 Å². The van der Waals surface area contributed by atoms with E-state index in [2.05, 4.69) is 65.2 Å². The standard InChI is InChI=1S/C24H28INO2/c1-2-17-8-9-18(14-21(17)25)20-15-19-10-11-22(26-19)23(20)24(27)28-13-12-16-6-4-3-5-7-16/h3-9,14,19-20,22-23,26H,2,10-13,15H2,1H3. The summed E-state index contributed by atoms with van der Waals surface area (Å²) in [5.41, 5.74) is 3.88. The van der Waals surface area contributed by atoms with Crippen LogP contribution in [0.5, 0.6) is 0 Å². The lowest BCUT2D eigenvalue weighted by atomic mass is 9.77. The maximum absolute atomic E-state index is 13.1. The highest BCUT2D eigenvalue weighted by Gasteiger charge is 2.46. The van der Waals surface area contributed by atoms with Crippen LogP contribution in [0.4, 0.5) is 0 Å².